The van der Waals surface area contributed by atoms with Crippen LogP contribution in [0.15, 0.2) is 40.9 Å². The topological polar surface area (TPSA) is 63.9 Å². The Bertz CT molecular complexity index is 871. The van der Waals surface area contributed by atoms with Crippen LogP contribution in [0, 0.1) is 6.92 Å². The van der Waals surface area contributed by atoms with Crippen LogP contribution >= 0.6 is 23.1 Å². The highest BCUT2D eigenvalue weighted by Crippen LogP contribution is 2.26. The van der Waals surface area contributed by atoms with Crippen LogP contribution < -0.4 is 0 Å². The lowest BCUT2D eigenvalue weighted by Crippen LogP contribution is -2.30. The largest absolute Gasteiger partial charge is 0.338 e. The average molecular weight is 388 g/mol. The summed E-state index contributed by atoms with van der Waals surface area (Å²) in [6, 6.07) is 10.0. The lowest BCUT2D eigenvalue weighted by Gasteiger charge is -2.16. The van der Waals surface area contributed by atoms with E-state index in [9.17, 15) is 4.79 Å². The van der Waals surface area contributed by atoms with Crippen LogP contribution in [0.2, 0.25) is 0 Å². The second-order valence-corrected chi connectivity index (χ2v) is 7.48. The van der Waals surface area contributed by atoms with Gasteiger partial charge in [-0.15, -0.1) is 21.5 Å². The van der Waals surface area contributed by atoms with Crippen LogP contribution in [-0.2, 0) is 5.75 Å². The van der Waals surface area contributed by atoms with Gasteiger partial charge in [0.05, 0.1) is 5.75 Å². The Balaban J connectivity index is 1.72. The summed E-state index contributed by atoms with van der Waals surface area (Å²) < 4.78 is 2.03. The molecule has 136 valence electrons. The summed E-state index contributed by atoms with van der Waals surface area (Å²) in [4.78, 5) is 18.7. The first-order valence-electron chi connectivity index (χ1n) is 8.48. The van der Waals surface area contributed by atoms with Gasteiger partial charge in [0.15, 0.2) is 5.16 Å². The number of carbonyl (C=O) groups is 1. The number of benzene rings is 1. The van der Waals surface area contributed by atoms with Crippen molar-refractivity contribution < 1.29 is 4.79 Å². The molecule has 0 saturated carbocycles. The molecular weight excluding hydrogens is 366 g/mol. The predicted molar refractivity (Wildman–Crippen MR) is 105 cm³/mol. The second kappa shape index (κ2) is 8.46. The van der Waals surface area contributed by atoms with Crippen molar-refractivity contribution in [2.24, 2.45) is 0 Å². The molecule has 0 aliphatic heterocycles. The van der Waals surface area contributed by atoms with Crippen molar-refractivity contribution in [1.29, 1.82) is 0 Å². The third-order valence-electron chi connectivity index (χ3n) is 3.96. The van der Waals surface area contributed by atoms with Gasteiger partial charge in [0.2, 0.25) is 0 Å². The fourth-order valence-electron chi connectivity index (χ4n) is 2.59. The van der Waals surface area contributed by atoms with Crippen molar-refractivity contribution in [3.05, 3.63) is 52.2 Å². The minimum absolute atomic E-state index is 0.00852. The molecule has 3 aromatic rings. The third kappa shape index (κ3) is 3.96. The Morgan fingerprint density at radius 3 is 2.62 bits per heavy atom. The zero-order valence-electron chi connectivity index (χ0n) is 15.0. The number of para-hydroxylation sites is 1. The number of carbonyl (C=O) groups excluding carboxylic acids is 1. The first-order chi connectivity index (χ1) is 12.6. The number of hydrogen-bond acceptors (Lipinski definition) is 6. The van der Waals surface area contributed by atoms with Crippen molar-refractivity contribution in [1.82, 2.24) is 24.6 Å². The van der Waals surface area contributed by atoms with Gasteiger partial charge in [0.1, 0.15) is 16.5 Å². The summed E-state index contributed by atoms with van der Waals surface area (Å²) in [6.45, 7) is 7.27. The lowest BCUT2D eigenvalue weighted by atomic mass is 10.3. The SMILES string of the molecule is CCN(CC)C(=O)c1csc(CSc2nnc(C)n2-c2ccccc2)n1. The molecule has 1 aromatic carbocycles. The van der Waals surface area contributed by atoms with Crippen LogP contribution in [0.3, 0.4) is 0 Å². The number of thioether (sulfide) groups is 1. The Kier molecular flexibility index (Phi) is 6.05. The maximum Gasteiger partial charge on any atom is 0.273 e. The molecule has 0 saturated heterocycles. The average Bonchev–Trinajstić information content (AvgIpc) is 3.28. The Labute approximate surface area is 161 Å². The van der Waals surface area contributed by atoms with Gasteiger partial charge < -0.3 is 4.90 Å². The highest BCUT2D eigenvalue weighted by molar-refractivity contribution is 7.98. The van der Waals surface area contributed by atoms with Gasteiger partial charge in [-0.05, 0) is 32.9 Å². The van der Waals surface area contributed by atoms with Crippen LogP contribution in [-0.4, -0.2) is 43.6 Å². The van der Waals surface area contributed by atoms with Gasteiger partial charge in [-0.3, -0.25) is 9.36 Å². The summed E-state index contributed by atoms with van der Waals surface area (Å²) in [5, 5.41) is 12.0. The molecule has 0 spiro atoms. The van der Waals surface area contributed by atoms with E-state index >= 15 is 0 Å². The van der Waals surface area contributed by atoms with Crippen LogP contribution in [0.25, 0.3) is 5.69 Å². The van der Waals surface area contributed by atoms with Gasteiger partial charge in [-0.1, -0.05) is 30.0 Å². The molecule has 3 rings (SSSR count). The predicted octanol–water partition coefficient (Wildman–Crippen LogP) is 3.81. The van der Waals surface area contributed by atoms with Crippen molar-refractivity contribution >= 4 is 29.0 Å². The molecule has 0 atom stereocenters. The van der Waals surface area contributed by atoms with Gasteiger partial charge in [-0.25, -0.2) is 4.98 Å². The molecule has 0 radical (unpaired) electrons. The third-order valence-corrected chi connectivity index (χ3v) is 5.93. The monoisotopic (exact) mass is 387 g/mol. The number of rotatable bonds is 7. The zero-order valence-corrected chi connectivity index (χ0v) is 16.7. The van der Waals surface area contributed by atoms with E-state index in [4.69, 9.17) is 0 Å². The van der Waals surface area contributed by atoms with Crippen molar-refractivity contribution in [2.45, 2.75) is 31.7 Å². The molecule has 6 nitrogen and oxygen atoms in total. The number of amides is 1. The van der Waals surface area contributed by atoms with Gasteiger partial charge in [0, 0.05) is 24.2 Å². The van der Waals surface area contributed by atoms with E-state index in [2.05, 4.69) is 15.2 Å². The molecule has 0 N–H and O–H groups in total. The summed E-state index contributed by atoms with van der Waals surface area (Å²) in [6.07, 6.45) is 0. The Morgan fingerprint density at radius 1 is 1.19 bits per heavy atom. The number of thiazole rings is 1. The molecule has 0 bridgehead atoms. The van der Waals surface area contributed by atoms with Crippen LogP contribution in [0.1, 0.15) is 35.2 Å². The smallest absolute Gasteiger partial charge is 0.273 e. The number of hydrogen-bond donors (Lipinski definition) is 0. The quantitative estimate of drug-likeness (QED) is 0.577. The van der Waals surface area contributed by atoms with E-state index in [1.807, 2.05) is 61.1 Å². The highest BCUT2D eigenvalue weighted by Gasteiger charge is 2.17. The van der Waals surface area contributed by atoms with E-state index in [1.54, 1.807) is 16.7 Å². The van der Waals surface area contributed by atoms with E-state index < -0.39 is 0 Å². The van der Waals surface area contributed by atoms with E-state index in [1.165, 1.54) is 11.3 Å². The van der Waals surface area contributed by atoms with Gasteiger partial charge in [0.25, 0.3) is 5.91 Å². The van der Waals surface area contributed by atoms with E-state index in [0.29, 0.717) is 24.5 Å². The Hall–Kier alpha value is -2.19. The van der Waals surface area contributed by atoms with Crippen LogP contribution in [0.5, 0.6) is 0 Å². The number of aryl methyl sites for hydroxylation is 1. The molecule has 0 unspecified atom stereocenters. The maximum absolute atomic E-state index is 12.4. The highest BCUT2D eigenvalue weighted by atomic mass is 32.2. The molecule has 0 fully saturated rings. The van der Waals surface area contributed by atoms with E-state index in [-0.39, 0.29) is 5.91 Å². The van der Waals surface area contributed by atoms with Gasteiger partial charge in [-0.2, -0.15) is 0 Å². The van der Waals surface area contributed by atoms with Crippen molar-refractivity contribution in [3.63, 3.8) is 0 Å². The first kappa shape index (κ1) is 18.6. The molecule has 2 heterocycles. The van der Waals surface area contributed by atoms with Crippen molar-refractivity contribution in [3.8, 4) is 5.69 Å². The van der Waals surface area contributed by atoms with Crippen LogP contribution in [0.4, 0.5) is 0 Å². The summed E-state index contributed by atoms with van der Waals surface area (Å²) in [5.41, 5.74) is 1.56. The first-order valence-corrected chi connectivity index (χ1v) is 10.3. The molecule has 1 amide bonds. The number of nitrogens with zero attached hydrogens (tertiary/aromatic N) is 5. The van der Waals surface area contributed by atoms with E-state index in [0.717, 1.165) is 21.7 Å². The molecule has 8 heteroatoms. The summed E-state index contributed by atoms with van der Waals surface area (Å²) >= 11 is 3.08. The molecule has 0 aliphatic rings. The maximum atomic E-state index is 12.4. The minimum Gasteiger partial charge on any atom is -0.338 e. The molecule has 2 aromatic heterocycles. The normalized spacial score (nSPS) is 10.9. The summed E-state index contributed by atoms with van der Waals surface area (Å²) in [7, 11) is 0. The fourth-order valence-corrected chi connectivity index (χ4v) is 4.37. The lowest BCUT2D eigenvalue weighted by molar-refractivity contribution is 0.0768. The van der Waals surface area contributed by atoms with Gasteiger partial charge >= 0.3 is 0 Å². The molecule has 0 aliphatic carbocycles. The van der Waals surface area contributed by atoms with Crippen molar-refractivity contribution in [2.75, 3.05) is 13.1 Å². The number of aromatic nitrogens is 4. The zero-order chi connectivity index (χ0) is 18.5. The molecule has 26 heavy (non-hydrogen) atoms. The second-order valence-electron chi connectivity index (χ2n) is 5.59. The molecular formula is C18H21N5OS2. The minimum atomic E-state index is -0.00852. The standard InChI is InChI=1S/C18H21N5OS2/c1-4-22(5-2)17(24)15-11-25-16(19-15)12-26-18-21-20-13(3)23(18)14-9-7-6-8-10-14/h6-11H,4-5,12H2,1-3H3. The summed E-state index contributed by atoms with van der Waals surface area (Å²) in [5.74, 6) is 1.49. The Morgan fingerprint density at radius 2 is 1.92 bits per heavy atom. The fraction of sp³-hybridized carbons (Fsp3) is 0.333.